The van der Waals surface area contributed by atoms with Crippen LogP contribution in [0.4, 0.5) is 5.69 Å². The number of rotatable bonds is 1. The van der Waals surface area contributed by atoms with E-state index in [9.17, 15) is 0 Å². The highest BCUT2D eigenvalue weighted by Crippen LogP contribution is 2.18. The number of nitrogen functional groups attached to an aromatic ring is 1. The molecule has 2 rings (SSSR count). The van der Waals surface area contributed by atoms with Gasteiger partial charge < -0.3 is 5.73 Å². The Morgan fingerprint density at radius 1 is 1.00 bits per heavy atom. The molecule has 70 valence electrons. The third-order valence-corrected chi connectivity index (χ3v) is 2.30. The van der Waals surface area contributed by atoms with Gasteiger partial charge in [-0.1, -0.05) is 28.1 Å². The van der Waals surface area contributed by atoms with Crippen LogP contribution in [0, 0.1) is 0 Å². The number of aromatic nitrogens is 2. The lowest BCUT2D eigenvalue weighted by Gasteiger charge is -1.99. The molecule has 1 aromatic heterocycles. The first kappa shape index (κ1) is 9.15. The second-order valence-corrected chi connectivity index (χ2v) is 3.76. The van der Waals surface area contributed by atoms with Gasteiger partial charge >= 0.3 is 0 Å². The fraction of sp³-hybridized carbons (Fsp3) is 0. The Kier molecular flexibility index (Phi) is 2.45. The van der Waals surface area contributed by atoms with Gasteiger partial charge in [0, 0.05) is 10.0 Å². The highest BCUT2D eigenvalue weighted by molar-refractivity contribution is 9.10. The molecule has 0 bridgehead atoms. The van der Waals surface area contributed by atoms with E-state index in [1.165, 1.54) is 0 Å². The summed E-state index contributed by atoms with van der Waals surface area (Å²) in [5, 5.41) is 0. The van der Waals surface area contributed by atoms with Crippen LogP contribution < -0.4 is 5.73 Å². The summed E-state index contributed by atoms with van der Waals surface area (Å²) in [7, 11) is 0. The lowest BCUT2D eigenvalue weighted by Crippen LogP contribution is -1.91. The van der Waals surface area contributed by atoms with Crippen molar-refractivity contribution in [1.29, 1.82) is 0 Å². The van der Waals surface area contributed by atoms with Crippen LogP contribution in [0.1, 0.15) is 0 Å². The van der Waals surface area contributed by atoms with Crippen molar-refractivity contribution in [2.45, 2.75) is 0 Å². The molecule has 0 aliphatic carbocycles. The van der Waals surface area contributed by atoms with E-state index in [1.54, 1.807) is 12.4 Å². The first-order valence-corrected chi connectivity index (χ1v) is 4.88. The molecule has 0 saturated heterocycles. The van der Waals surface area contributed by atoms with Crippen molar-refractivity contribution in [3.05, 3.63) is 41.1 Å². The largest absolute Gasteiger partial charge is 0.396 e. The van der Waals surface area contributed by atoms with Gasteiger partial charge in [0.2, 0.25) is 0 Å². The summed E-state index contributed by atoms with van der Waals surface area (Å²) >= 11 is 3.37. The van der Waals surface area contributed by atoms with E-state index < -0.39 is 0 Å². The monoisotopic (exact) mass is 249 g/mol. The van der Waals surface area contributed by atoms with Crippen LogP contribution in [0.15, 0.2) is 41.1 Å². The zero-order chi connectivity index (χ0) is 9.97. The third-order valence-electron chi connectivity index (χ3n) is 1.77. The third kappa shape index (κ3) is 1.90. The number of nitrogens with two attached hydrogens (primary N) is 1. The smallest absolute Gasteiger partial charge is 0.159 e. The topological polar surface area (TPSA) is 51.8 Å². The number of hydrogen-bond acceptors (Lipinski definition) is 3. The minimum atomic E-state index is 0.575. The van der Waals surface area contributed by atoms with Crippen LogP contribution in [0.3, 0.4) is 0 Å². The summed E-state index contributed by atoms with van der Waals surface area (Å²) in [6.07, 6.45) is 3.20. The molecule has 0 amide bonds. The van der Waals surface area contributed by atoms with Gasteiger partial charge in [-0.2, -0.15) is 0 Å². The SMILES string of the molecule is Nc1cnc(-c2ccc(Br)cc2)nc1. The second kappa shape index (κ2) is 3.75. The molecular formula is C10H8BrN3. The van der Waals surface area contributed by atoms with Gasteiger partial charge in [0.15, 0.2) is 5.82 Å². The van der Waals surface area contributed by atoms with Crippen LogP contribution in [0.25, 0.3) is 11.4 Å². The van der Waals surface area contributed by atoms with E-state index in [0.717, 1.165) is 10.0 Å². The van der Waals surface area contributed by atoms with Crippen LogP contribution in [0.2, 0.25) is 0 Å². The van der Waals surface area contributed by atoms with E-state index in [-0.39, 0.29) is 0 Å². The maximum atomic E-state index is 5.50. The van der Waals surface area contributed by atoms with Crippen LogP contribution in [0.5, 0.6) is 0 Å². The van der Waals surface area contributed by atoms with Gasteiger partial charge in [-0.25, -0.2) is 9.97 Å². The highest BCUT2D eigenvalue weighted by atomic mass is 79.9. The molecule has 0 spiro atoms. The van der Waals surface area contributed by atoms with Crippen molar-refractivity contribution >= 4 is 21.6 Å². The molecule has 3 nitrogen and oxygen atoms in total. The second-order valence-electron chi connectivity index (χ2n) is 2.85. The maximum absolute atomic E-state index is 5.50. The molecule has 0 radical (unpaired) electrons. The Morgan fingerprint density at radius 3 is 2.14 bits per heavy atom. The van der Waals surface area contributed by atoms with Crippen molar-refractivity contribution in [3.8, 4) is 11.4 Å². The molecular weight excluding hydrogens is 242 g/mol. The standard InChI is InChI=1S/C10H8BrN3/c11-8-3-1-7(2-4-8)10-13-5-9(12)6-14-10/h1-6H,12H2. The summed E-state index contributed by atoms with van der Waals surface area (Å²) in [5.74, 6) is 0.687. The number of benzene rings is 1. The summed E-state index contributed by atoms with van der Waals surface area (Å²) in [6.45, 7) is 0. The molecule has 0 saturated carbocycles. The maximum Gasteiger partial charge on any atom is 0.159 e. The van der Waals surface area contributed by atoms with Gasteiger partial charge in [0.25, 0.3) is 0 Å². The molecule has 0 atom stereocenters. The molecule has 1 heterocycles. The van der Waals surface area contributed by atoms with Crippen molar-refractivity contribution < 1.29 is 0 Å². The number of anilines is 1. The molecule has 0 aliphatic heterocycles. The molecule has 0 aliphatic rings. The van der Waals surface area contributed by atoms with Crippen molar-refractivity contribution in [1.82, 2.24) is 9.97 Å². The average molecular weight is 250 g/mol. The first-order chi connectivity index (χ1) is 6.75. The molecule has 0 unspecified atom stereocenters. The predicted molar refractivity (Wildman–Crippen MR) is 59.6 cm³/mol. The minimum absolute atomic E-state index is 0.575. The van der Waals surface area contributed by atoms with Crippen LogP contribution in [-0.2, 0) is 0 Å². The Balaban J connectivity index is 2.40. The summed E-state index contributed by atoms with van der Waals surface area (Å²) in [4.78, 5) is 8.25. The van der Waals surface area contributed by atoms with Gasteiger partial charge in [-0.05, 0) is 12.1 Å². The molecule has 2 N–H and O–H groups in total. The minimum Gasteiger partial charge on any atom is -0.396 e. The predicted octanol–water partition coefficient (Wildman–Crippen LogP) is 2.49. The van der Waals surface area contributed by atoms with Crippen molar-refractivity contribution in [3.63, 3.8) is 0 Å². The molecule has 4 heteroatoms. The van der Waals surface area contributed by atoms with Crippen LogP contribution >= 0.6 is 15.9 Å². The van der Waals surface area contributed by atoms with E-state index in [1.807, 2.05) is 24.3 Å². The van der Waals surface area contributed by atoms with Crippen molar-refractivity contribution in [2.24, 2.45) is 0 Å². The average Bonchev–Trinajstić information content (AvgIpc) is 2.21. The Bertz CT molecular complexity index is 379. The van der Waals surface area contributed by atoms with Gasteiger partial charge in [-0.3, -0.25) is 0 Å². The van der Waals surface area contributed by atoms with Gasteiger partial charge in [0.05, 0.1) is 18.1 Å². The first-order valence-electron chi connectivity index (χ1n) is 4.09. The summed E-state index contributed by atoms with van der Waals surface area (Å²) in [6, 6.07) is 7.81. The zero-order valence-electron chi connectivity index (χ0n) is 7.31. The number of nitrogens with zero attached hydrogens (tertiary/aromatic N) is 2. The highest BCUT2D eigenvalue weighted by Gasteiger charge is 1.99. The Morgan fingerprint density at radius 2 is 1.57 bits per heavy atom. The normalized spacial score (nSPS) is 10.1. The van der Waals surface area contributed by atoms with Gasteiger partial charge in [-0.15, -0.1) is 0 Å². The lowest BCUT2D eigenvalue weighted by atomic mass is 10.2. The summed E-state index contributed by atoms with van der Waals surface area (Å²) < 4.78 is 1.04. The Labute approximate surface area is 90.1 Å². The van der Waals surface area contributed by atoms with E-state index in [4.69, 9.17) is 5.73 Å². The lowest BCUT2D eigenvalue weighted by molar-refractivity contribution is 1.18. The quantitative estimate of drug-likeness (QED) is 0.845. The fourth-order valence-corrected chi connectivity index (χ4v) is 1.35. The van der Waals surface area contributed by atoms with Crippen molar-refractivity contribution in [2.75, 3.05) is 5.73 Å². The molecule has 1 aromatic carbocycles. The molecule has 14 heavy (non-hydrogen) atoms. The number of hydrogen-bond donors (Lipinski definition) is 1. The Hall–Kier alpha value is -1.42. The van der Waals surface area contributed by atoms with E-state index >= 15 is 0 Å². The molecule has 2 aromatic rings. The van der Waals surface area contributed by atoms with Gasteiger partial charge in [0.1, 0.15) is 0 Å². The fourth-order valence-electron chi connectivity index (χ4n) is 1.09. The molecule has 0 fully saturated rings. The van der Waals surface area contributed by atoms with Crippen LogP contribution in [-0.4, -0.2) is 9.97 Å². The summed E-state index contributed by atoms with van der Waals surface area (Å²) in [5.41, 5.74) is 7.05. The zero-order valence-corrected chi connectivity index (χ0v) is 8.90. The number of halogens is 1. The van der Waals surface area contributed by atoms with E-state index in [0.29, 0.717) is 11.5 Å². The van der Waals surface area contributed by atoms with E-state index in [2.05, 4.69) is 25.9 Å².